The molecule has 0 N–H and O–H groups in total. The molecule has 0 aliphatic heterocycles. The van der Waals surface area contributed by atoms with Crippen LogP contribution in [0.3, 0.4) is 0 Å². The van der Waals surface area contributed by atoms with Crippen molar-refractivity contribution in [1.82, 2.24) is 19.7 Å². The summed E-state index contributed by atoms with van der Waals surface area (Å²) in [6.07, 6.45) is 1.72. The number of carbonyl (C=O) groups is 1. The quantitative estimate of drug-likeness (QED) is 0.407. The van der Waals surface area contributed by atoms with E-state index < -0.39 is 0 Å². The van der Waals surface area contributed by atoms with Crippen LogP contribution in [0.2, 0.25) is 0 Å². The number of pyridine rings is 1. The van der Waals surface area contributed by atoms with Crippen molar-refractivity contribution in [3.8, 4) is 5.75 Å². The van der Waals surface area contributed by atoms with E-state index in [0.29, 0.717) is 29.7 Å². The summed E-state index contributed by atoms with van der Waals surface area (Å²) in [4.78, 5) is 24.4. The van der Waals surface area contributed by atoms with Crippen LogP contribution in [-0.4, -0.2) is 32.3 Å². The number of aryl methyl sites for hydroxylation is 1. The second kappa shape index (κ2) is 8.85. The number of aromatic nitrogens is 4. The first kappa shape index (κ1) is 21.0. The molecule has 31 heavy (non-hydrogen) atoms. The minimum absolute atomic E-state index is 0.169. The van der Waals surface area contributed by atoms with E-state index in [-0.39, 0.29) is 11.9 Å². The smallest absolute Gasteiger partial charge is 0.280 e. The average Bonchev–Trinajstić information content (AvgIpc) is 3.37. The van der Waals surface area contributed by atoms with Gasteiger partial charge in [0.1, 0.15) is 11.3 Å². The molecule has 0 aliphatic carbocycles. The summed E-state index contributed by atoms with van der Waals surface area (Å²) >= 11 is 1.46. The number of rotatable bonds is 7. The molecule has 4 aromatic rings. The number of nitrogens with zero attached hydrogens (tertiary/aromatic N) is 5. The fourth-order valence-corrected chi connectivity index (χ4v) is 4.41. The molecular formula is C23H25N5O2S. The van der Waals surface area contributed by atoms with Crippen LogP contribution in [0.15, 0.2) is 48.7 Å². The standard InChI is InChI=1S/C23H25N5O2S/c1-5-30-19-10-8-11-20-21(19)25-23(31-20)27(14-17-9-6-7-12-24-17)22(29)18-13-16(4)28(26-18)15(2)3/h6-13,15H,5,14H2,1-4H3. The Kier molecular flexibility index (Phi) is 5.99. The lowest BCUT2D eigenvalue weighted by molar-refractivity contribution is 0.0979. The van der Waals surface area contributed by atoms with Crippen molar-refractivity contribution < 1.29 is 9.53 Å². The monoisotopic (exact) mass is 435 g/mol. The Morgan fingerprint density at radius 1 is 1.23 bits per heavy atom. The van der Waals surface area contributed by atoms with Gasteiger partial charge in [-0.15, -0.1) is 0 Å². The summed E-state index contributed by atoms with van der Waals surface area (Å²) < 4.78 is 8.55. The largest absolute Gasteiger partial charge is 0.492 e. The second-order valence-corrected chi connectivity index (χ2v) is 8.46. The fraction of sp³-hybridized carbons (Fsp3) is 0.304. The Morgan fingerprint density at radius 2 is 2.06 bits per heavy atom. The zero-order valence-electron chi connectivity index (χ0n) is 18.1. The number of benzene rings is 1. The van der Waals surface area contributed by atoms with Gasteiger partial charge in [-0.3, -0.25) is 19.4 Å². The van der Waals surface area contributed by atoms with Crippen molar-refractivity contribution >= 4 is 32.6 Å². The molecule has 3 aromatic heterocycles. The summed E-state index contributed by atoms with van der Waals surface area (Å²) in [6.45, 7) is 8.84. The minimum atomic E-state index is -0.204. The van der Waals surface area contributed by atoms with Gasteiger partial charge in [0, 0.05) is 17.9 Å². The van der Waals surface area contributed by atoms with Crippen molar-refractivity contribution in [2.75, 3.05) is 11.5 Å². The molecular weight excluding hydrogens is 410 g/mol. The van der Waals surface area contributed by atoms with Crippen LogP contribution < -0.4 is 9.64 Å². The van der Waals surface area contributed by atoms with Crippen molar-refractivity contribution in [2.24, 2.45) is 0 Å². The number of hydrogen-bond acceptors (Lipinski definition) is 6. The van der Waals surface area contributed by atoms with E-state index in [0.717, 1.165) is 21.6 Å². The number of carbonyl (C=O) groups excluding carboxylic acids is 1. The summed E-state index contributed by atoms with van der Waals surface area (Å²) in [6, 6.07) is 13.5. The van der Waals surface area contributed by atoms with E-state index >= 15 is 0 Å². The lowest BCUT2D eigenvalue weighted by Gasteiger charge is -2.18. The molecule has 8 heteroatoms. The molecule has 0 radical (unpaired) electrons. The third-order valence-corrected chi connectivity index (χ3v) is 5.87. The van der Waals surface area contributed by atoms with Gasteiger partial charge in [-0.05, 0) is 58.0 Å². The van der Waals surface area contributed by atoms with E-state index in [1.807, 2.05) is 74.8 Å². The molecule has 0 spiro atoms. The maximum absolute atomic E-state index is 13.6. The first-order valence-electron chi connectivity index (χ1n) is 10.3. The molecule has 0 fully saturated rings. The van der Waals surface area contributed by atoms with Gasteiger partial charge in [-0.2, -0.15) is 5.10 Å². The van der Waals surface area contributed by atoms with Gasteiger partial charge in [0.2, 0.25) is 0 Å². The maximum Gasteiger partial charge on any atom is 0.280 e. The van der Waals surface area contributed by atoms with Gasteiger partial charge in [0.05, 0.1) is 23.5 Å². The predicted octanol–water partition coefficient (Wildman–Crippen LogP) is 5.02. The first-order valence-corrected chi connectivity index (χ1v) is 11.1. The highest BCUT2D eigenvalue weighted by Gasteiger charge is 2.26. The molecule has 4 rings (SSSR count). The van der Waals surface area contributed by atoms with E-state index in [1.54, 1.807) is 11.1 Å². The van der Waals surface area contributed by atoms with E-state index in [1.165, 1.54) is 11.3 Å². The number of fused-ring (bicyclic) bond motifs is 1. The molecule has 0 unspecified atom stereocenters. The minimum Gasteiger partial charge on any atom is -0.492 e. The topological polar surface area (TPSA) is 73.1 Å². The van der Waals surface area contributed by atoms with Crippen molar-refractivity contribution in [1.29, 1.82) is 0 Å². The summed E-state index contributed by atoms with van der Waals surface area (Å²) in [5.74, 6) is 0.512. The molecule has 160 valence electrons. The second-order valence-electron chi connectivity index (χ2n) is 7.45. The summed E-state index contributed by atoms with van der Waals surface area (Å²) in [5.41, 5.74) is 2.87. The van der Waals surface area contributed by atoms with Crippen molar-refractivity contribution in [3.63, 3.8) is 0 Å². The number of para-hydroxylation sites is 1. The third-order valence-electron chi connectivity index (χ3n) is 4.82. The molecule has 1 aromatic carbocycles. The van der Waals surface area contributed by atoms with Crippen LogP contribution in [0, 0.1) is 6.92 Å². The fourth-order valence-electron chi connectivity index (χ4n) is 3.43. The Morgan fingerprint density at radius 3 is 2.74 bits per heavy atom. The molecule has 0 bridgehead atoms. The van der Waals surface area contributed by atoms with Crippen LogP contribution in [0.1, 0.15) is 48.7 Å². The van der Waals surface area contributed by atoms with Gasteiger partial charge in [0.15, 0.2) is 10.8 Å². The number of anilines is 1. The van der Waals surface area contributed by atoms with Crippen LogP contribution in [0.25, 0.3) is 10.2 Å². The number of thiazole rings is 1. The Labute approximate surface area is 185 Å². The lowest BCUT2D eigenvalue weighted by atomic mass is 10.3. The number of ether oxygens (including phenoxy) is 1. The average molecular weight is 436 g/mol. The summed E-state index contributed by atoms with van der Waals surface area (Å²) in [5, 5.41) is 5.15. The molecule has 0 saturated carbocycles. The van der Waals surface area contributed by atoms with E-state index in [9.17, 15) is 4.79 Å². The normalized spacial score (nSPS) is 11.3. The highest BCUT2D eigenvalue weighted by atomic mass is 32.1. The van der Waals surface area contributed by atoms with Crippen LogP contribution in [0.4, 0.5) is 5.13 Å². The van der Waals surface area contributed by atoms with Gasteiger partial charge < -0.3 is 4.74 Å². The van der Waals surface area contributed by atoms with Crippen LogP contribution >= 0.6 is 11.3 Å². The Balaban J connectivity index is 1.78. The zero-order valence-corrected chi connectivity index (χ0v) is 18.9. The van der Waals surface area contributed by atoms with Gasteiger partial charge in [-0.25, -0.2) is 4.98 Å². The molecule has 1 amide bonds. The van der Waals surface area contributed by atoms with Crippen LogP contribution in [-0.2, 0) is 6.54 Å². The molecule has 0 saturated heterocycles. The molecule has 7 nitrogen and oxygen atoms in total. The van der Waals surface area contributed by atoms with Gasteiger partial charge in [0.25, 0.3) is 5.91 Å². The van der Waals surface area contributed by atoms with Crippen molar-refractivity contribution in [2.45, 2.75) is 40.3 Å². The Bertz CT molecular complexity index is 1200. The SMILES string of the molecule is CCOc1cccc2sc(N(Cc3ccccn3)C(=O)c3cc(C)n(C(C)C)n3)nc12. The highest BCUT2D eigenvalue weighted by Crippen LogP contribution is 2.35. The van der Waals surface area contributed by atoms with Gasteiger partial charge >= 0.3 is 0 Å². The molecule has 0 aliphatic rings. The van der Waals surface area contributed by atoms with E-state index in [2.05, 4.69) is 10.1 Å². The van der Waals surface area contributed by atoms with Crippen molar-refractivity contribution in [3.05, 3.63) is 65.7 Å². The van der Waals surface area contributed by atoms with Crippen LogP contribution in [0.5, 0.6) is 5.75 Å². The summed E-state index contributed by atoms with van der Waals surface area (Å²) in [7, 11) is 0. The number of amides is 1. The number of hydrogen-bond donors (Lipinski definition) is 0. The van der Waals surface area contributed by atoms with E-state index in [4.69, 9.17) is 9.72 Å². The highest BCUT2D eigenvalue weighted by molar-refractivity contribution is 7.22. The first-order chi connectivity index (χ1) is 15.0. The Hall–Kier alpha value is -3.26. The maximum atomic E-state index is 13.6. The van der Waals surface area contributed by atoms with Gasteiger partial charge in [-0.1, -0.05) is 23.5 Å². The predicted molar refractivity (Wildman–Crippen MR) is 123 cm³/mol. The third kappa shape index (κ3) is 4.29. The zero-order chi connectivity index (χ0) is 22.0. The lowest BCUT2D eigenvalue weighted by Crippen LogP contribution is -2.31. The molecule has 0 atom stereocenters. The molecule has 3 heterocycles.